The monoisotopic (exact) mass is 290 g/mol. The molecular weight excluding hydrogens is 268 g/mol. The molecule has 1 aromatic carbocycles. The summed E-state index contributed by atoms with van der Waals surface area (Å²) in [4.78, 5) is 0. The van der Waals surface area contributed by atoms with Gasteiger partial charge < -0.3 is 15.4 Å². The van der Waals surface area contributed by atoms with E-state index in [0.29, 0.717) is 11.7 Å². The number of anilines is 1. The van der Waals surface area contributed by atoms with Crippen molar-refractivity contribution in [1.29, 1.82) is 0 Å². The van der Waals surface area contributed by atoms with Gasteiger partial charge in [-0.3, -0.25) is 0 Å². The summed E-state index contributed by atoms with van der Waals surface area (Å²) in [6.07, 6.45) is 7.25. The molecule has 1 aromatic rings. The van der Waals surface area contributed by atoms with E-state index in [1.165, 1.54) is 0 Å². The number of para-hydroxylation sites is 2. The summed E-state index contributed by atoms with van der Waals surface area (Å²) in [5.41, 5.74) is 0.440. The van der Waals surface area contributed by atoms with E-state index in [9.17, 15) is 0 Å². The Kier molecular flexibility index (Phi) is 6.33. The van der Waals surface area contributed by atoms with Crippen LogP contribution in [0.3, 0.4) is 0 Å². The molecule has 0 saturated heterocycles. The van der Waals surface area contributed by atoms with E-state index in [4.69, 9.17) is 23.4 Å². The second kappa shape index (κ2) is 7.76. The third-order valence-corrected chi connectivity index (χ3v) is 3.48. The van der Waals surface area contributed by atoms with Crippen molar-refractivity contribution in [2.75, 3.05) is 11.9 Å². The zero-order chi connectivity index (χ0) is 15.0. The van der Waals surface area contributed by atoms with Crippen LogP contribution < -0.4 is 15.4 Å². The van der Waals surface area contributed by atoms with Crippen molar-refractivity contribution in [2.45, 2.75) is 39.2 Å². The van der Waals surface area contributed by atoms with Crippen molar-refractivity contribution in [3.05, 3.63) is 24.3 Å². The first-order valence-corrected chi connectivity index (χ1v) is 7.30. The van der Waals surface area contributed by atoms with Gasteiger partial charge in [0.05, 0.1) is 17.8 Å². The number of hydrogen-bond donors (Lipinski definition) is 2. The van der Waals surface area contributed by atoms with Crippen molar-refractivity contribution in [2.24, 2.45) is 0 Å². The summed E-state index contributed by atoms with van der Waals surface area (Å²) in [7, 11) is 0. The molecule has 0 amide bonds. The van der Waals surface area contributed by atoms with Gasteiger partial charge in [0, 0.05) is 0 Å². The SMILES string of the molecule is C#CC(CC)(CC)NC(=S)Nc1ccccc1OCC. The molecule has 0 aliphatic heterocycles. The predicted molar refractivity (Wildman–Crippen MR) is 89.1 cm³/mol. The summed E-state index contributed by atoms with van der Waals surface area (Å²) in [5.74, 6) is 3.58. The van der Waals surface area contributed by atoms with Crippen LogP contribution in [-0.2, 0) is 0 Å². The molecule has 0 fully saturated rings. The molecule has 0 spiro atoms. The van der Waals surface area contributed by atoms with Gasteiger partial charge in [-0.25, -0.2) is 0 Å². The normalized spacial score (nSPS) is 10.5. The molecule has 4 heteroatoms. The van der Waals surface area contributed by atoms with Crippen LogP contribution >= 0.6 is 12.2 Å². The van der Waals surface area contributed by atoms with Crippen LogP contribution in [-0.4, -0.2) is 17.3 Å². The Morgan fingerprint density at radius 2 is 1.95 bits per heavy atom. The summed E-state index contributed by atoms with van der Waals surface area (Å²) >= 11 is 5.35. The van der Waals surface area contributed by atoms with Crippen LogP contribution in [0.25, 0.3) is 0 Å². The Balaban J connectivity index is 2.79. The number of thiocarbonyl (C=S) groups is 1. The number of terminal acetylenes is 1. The van der Waals surface area contributed by atoms with E-state index in [1.807, 2.05) is 45.0 Å². The van der Waals surface area contributed by atoms with Gasteiger partial charge in [-0.05, 0) is 44.1 Å². The van der Waals surface area contributed by atoms with E-state index in [0.717, 1.165) is 24.3 Å². The summed E-state index contributed by atoms with van der Waals surface area (Å²) < 4.78 is 5.56. The smallest absolute Gasteiger partial charge is 0.172 e. The number of rotatable bonds is 6. The lowest BCUT2D eigenvalue weighted by molar-refractivity contribution is 0.342. The highest BCUT2D eigenvalue weighted by atomic mass is 32.1. The largest absolute Gasteiger partial charge is 0.492 e. The minimum Gasteiger partial charge on any atom is -0.492 e. The third kappa shape index (κ3) is 4.14. The number of nitrogens with one attached hydrogen (secondary N) is 2. The first-order valence-electron chi connectivity index (χ1n) is 6.89. The highest BCUT2D eigenvalue weighted by Crippen LogP contribution is 2.24. The van der Waals surface area contributed by atoms with Crippen molar-refractivity contribution in [3.63, 3.8) is 0 Å². The van der Waals surface area contributed by atoms with Crippen molar-refractivity contribution in [3.8, 4) is 18.1 Å². The Morgan fingerprint density at radius 1 is 1.30 bits per heavy atom. The van der Waals surface area contributed by atoms with Crippen LogP contribution in [0.4, 0.5) is 5.69 Å². The number of benzene rings is 1. The van der Waals surface area contributed by atoms with Gasteiger partial charge >= 0.3 is 0 Å². The predicted octanol–water partition coefficient (Wildman–Crippen LogP) is 3.56. The Labute approximate surface area is 127 Å². The van der Waals surface area contributed by atoms with Gasteiger partial charge in [-0.15, -0.1) is 6.42 Å². The Bertz CT molecular complexity index is 489. The molecule has 0 aliphatic rings. The fraction of sp³-hybridized carbons (Fsp3) is 0.438. The maximum absolute atomic E-state index is 5.62. The van der Waals surface area contributed by atoms with Crippen LogP contribution in [0.1, 0.15) is 33.6 Å². The molecule has 0 saturated carbocycles. The first-order chi connectivity index (χ1) is 9.60. The summed E-state index contributed by atoms with van der Waals surface area (Å²) in [6.45, 7) is 6.65. The Morgan fingerprint density at radius 3 is 2.50 bits per heavy atom. The molecule has 0 radical (unpaired) electrons. The van der Waals surface area contributed by atoms with Crippen molar-refractivity contribution >= 4 is 23.0 Å². The average molecular weight is 290 g/mol. The molecule has 3 nitrogen and oxygen atoms in total. The van der Waals surface area contributed by atoms with Crippen LogP contribution in [0.2, 0.25) is 0 Å². The zero-order valence-corrected chi connectivity index (χ0v) is 13.1. The molecule has 0 aromatic heterocycles. The average Bonchev–Trinajstić information content (AvgIpc) is 2.47. The summed E-state index contributed by atoms with van der Waals surface area (Å²) in [6, 6.07) is 7.69. The lowest BCUT2D eigenvalue weighted by atomic mass is 9.94. The quantitative estimate of drug-likeness (QED) is 0.620. The molecule has 0 heterocycles. The van der Waals surface area contributed by atoms with Gasteiger partial charge in [0.15, 0.2) is 5.11 Å². The van der Waals surface area contributed by atoms with E-state index in [-0.39, 0.29) is 0 Å². The van der Waals surface area contributed by atoms with E-state index in [2.05, 4.69) is 16.6 Å². The highest BCUT2D eigenvalue weighted by molar-refractivity contribution is 7.80. The summed E-state index contributed by atoms with van der Waals surface area (Å²) in [5, 5.41) is 6.89. The third-order valence-electron chi connectivity index (χ3n) is 3.27. The first kappa shape index (κ1) is 16.3. The second-order valence-corrected chi connectivity index (χ2v) is 4.85. The van der Waals surface area contributed by atoms with Gasteiger partial charge in [0.1, 0.15) is 5.75 Å². The molecule has 0 bridgehead atoms. The molecule has 20 heavy (non-hydrogen) atoms. The highest BCUT2D eigenvalue weighted by Gasteiger charge is 2.23. The van der Waals surface area contributed by atoms with Gasteiger partial charge in [-0.2, -0.15) is 0 Å². The topological polar surface area (TPSA) is 33.3 Å². The van der Waals surface area contributed by atoms with Gasteiger partial charge in [-0.1, -0.05) is 31.9 Å². The molecule has 0 atom stereocenters. The van der Waals surface area contributed by atoms with Gasteiger partial charge in [0.2, 0.25) is 0 Å². The Hall–Kier alpha value is -1.73. The van der Waals surface area contributed by atoms with Crippen LogP contribution in [0.5, 0.6) is 5.75 Å². The molecule has 0 aliphatic carbocycles. The minimum absolute atomic E-state index is 0.398. The van der Waals surface area contributed by atoms with Gasteiger partial charge in [0.25, 0.3) is 0 Å². The fourth-order valence-corrected chi connectivity index (χ4v) is 2.19. The van der Waals surface area contributed by atoms with E-state index >= 15 is 0 Å². The molecular formula is C16H22N2OS. The van der Waals surface area contributed by atoms with Crippen molar-refractivity contribution in [1.82, 2.24) is 5.32 Å². The number of hydrogen-bond acceptors (Lipinski definition) is 2. The van der Waals surface area contributed by atoms with Crippen LogP contribution in [0, 0.1) is 12.3 Å². The molecule has 0 unspecified atom stereocenters. The lowest BCUT2D eigenvalue weighted by Gasteiger charge is -2.29. The van der Waals surface area contributed by atoms with Crippen molar-refractivity contribution < 1.29 is 4.74 Å². The van der Waals surface area contributed by atoms with E-state index < -0.39 is 5.54 Å². The maximum Gasteiger partial charge on any atom is 0.172 e. The van der Waals surface area contributed by atoms with E-state index in [1.54, 1.807) is 0 Å². The fourth-order valence-electron chi connectivity index (χ4n) is 1.89. The zero-order valence-electron chi connectivity index (χ0n) is 12.3. The standard InChI is InChI=1S/C16H22N2OS/c1-5-16(6-2,7-3)18-15(20)17-13-11-9-10-12-14(13)19-8-4/h1,9-12H,6-8H2,2-4H3,(H2,17,18,20). The molecule has 1 rings (SSSR count). The van der Waals surface area contributed by atoms with Crippen LogP contribution in [0.15, 0.2) is 24.3 Å². The lowest BCUT2D eigenvalue weighted by Crippen LogP contribution is -2.48. The molecule has 108 valence electrons. The second-order valence-electron chi connectivity index (χ2n) is 4.44. The number of ether oxygens (including phenoxy) is 1. The minimum atomic E-state index is -0.398. The molecule has 2 N–H and O–H groups in total. The maximum atomic E-state index is 5.62.